The molecule has 1 fully saturated rings. The van der Waals surface area contributed by atoms with E-state index in [-0.39, 0.29) is 34.7 Å². The van der Waals surface area contributed by atoms with Gasteiger partial charge >= 0.3 is 5.97 Å². The third-order valence-electron chi connectivity index (χ3n) is 3.64. The predicted octanol–water partition coefficient (Wildman–Crippen LogP) is 1.09. The number of esters is 1. The smallest absolute Gasteiger partial charge is 0.340 e. The number of halogens is 1. The predicted molar refractivity (Wildman–Crippen MR) is 94.6 cm³/mol. The van der Waals surface area contributed by atoms with Crippen molar-refractivity contribution in [3.8, 4) is 0 Å². The molecule has 1 amide bonds. The second-order valence-corrected chi connectivity index (χ2v) is 8.04. The van der Waals surface area contributed by atoms with Crippen molar-refractivity contribution in [1.82, 2.24) is 10.0 Å². The fourth-order valence-corrected chi connectivity index (χ4v) is 3.25. The summed E-state index contributed by atoms with van der Waals surface area (Å²) in [5, 5.41) is 2.75. The van der Waals surface area contributed by atoms with Crippen molar-refractivity contribution in [1.29, 1.82) is 0 Å². The van der Waals surface area contributed by atoms with Gasteiger partial charge < -0.3 is 14.8 Å². The monoisotopic (exact) mass is 404 g/mol. The lowest BCUT2D eigenvalue weighted by atomic mass is 10.2. The Morgan fingerprint density at radius 3 is 2.65 bits per heavy atom. The number of carbonyl (C=O) groups is 2. The first kappa shape index (κ1) is 20.6. The number of sulfonamides is 1. The van der Waals surface area contributed by atoms with E-state index in [9.17, 15) is 18.0 Å². The van der Waals surface area contributed by atoms with E-state index in [0.717, 1.165) is 18.9 Å². The minimum Gasteiger partial charge on any atom is -0.449 e. The van der Waals surface area contributed by atoms with E-state index in [4.69, 9.17) is 21.1 Å². The van der Waals surface area contributed by atoms with Crippen molar-refractivity contribution in [2.45, 2.75) is 36.8 Å². The summed E-state index contributed by atoms with van der Waals surface area (Å²) in [7, 11) is -2.38. The van der Waals surface area contributed by atoms with Gasteiger partial charge in [-0.15, -0.1) is 0 Å². The Morgan fingerprint density at radius 1 is 1.35 bits per heavy atom. The first-order valence-corrected chi connectivity index (χ1v) is 9.90. The molecule has 0 spiro atoms. The molecule has 1 aromatic carbocycles. The van der Waals surface area contributed by atoms with Crippen LogP contribution in [0, 0.1) is 0 Å². The average Bonchev–Trinajstić information content (AvgIpc) is 3.38. The van der Waals surface area contributed by atoms with Crippen molar-refractivity contribution < 1.29 is 27.5 Å². The Labute approximate surface area is 157 Å². The maximum Gasteiger partial charge on any atom is 0.340 e. The number of amides is 1. The highest BCUT2D eigenvalue weighted by Gasteiger charge is 2.28. The van der Waals surface area contributed by atoms with Gasteiger partial charge in [0.1, 0.15) is 0 Å². The first-order valence-electron chi connectivity index (χ1n) is 8.04. The number of hydrogen-bond donors (Lipinski definition) is 2. The lowest BCUT2D eigenvalue weighted by Crippen LogP contribution is -2.37. The summed E-state index contributed by atoms with van der Waals surface area (Å²) in [4.78, 5) is 24.0. The molecule has 0 bridgehead atoms. The van der Waals surface area contributed by atoms with Crippen LogP contribution >= 0.6 is 11.6 Å². The van der Waals surface area contributed by atoms with Gasteiger partial charge in [0.25, 0.3) is 5.91 Å². The van der Waals surface area contributed by atoms with Gasteiger partial charge in [0.15, 0.2) is 6.10 Å². The van der Waals surface area contributed by atoms with Crippen LogP contribution in [0.15, 0.2) is 23.1 Å². The lowest BCUT2D eigenvalue weighted by Gasteiger charge is -2.14. The molecule has 2 rings (SSSR count). The van der Waals surface area contributed by atoms with Gasteiger partial charge in [0, 0.05) is 19.7 Å². The maximum absolute atomic E-state index is 12.3. The quantitative estimate of drug-likeness (QED) is 0.470. The molecule has 0 aromatic heterocycles. The molecule has 26 heavy (non-hydrogen) atoms. The lowest BCUT2D eigenvalue weighted by molar-refractivity contribution is -0.129. The van der Waals surface area contributed by atoms with Crippen molar-refractivity contribution >= 4 is 33.5 Å². The normalized spacial score (nSPS) is 15.3. The molecule has 1 aliphatic rings. The molecule has 8 nitrogen and oxygen atoms in total. The molecule has 1 aliphatic carbocycles. The fraction of sp³-hybridized carbons (Fsp3) is 0.500. The molecule has 144 valence electrons. The summed E-state index contributed by atoms with van der Waals surface area (Å²) >= 11 is 5.99. The Bertz CT molecular complexity index is 779. The van der Waals surface area contributed by atoms with Crippen LogP contribution in [0.25, 0.3) is 0 Å². The second kappa shape index (κ2) is 8.81. The third-order valence-corrected chi connectivity index (χ3v) is 5.43. The molecule has 0 heterocycles. The summed E-state index contributed by atoms with van der Waals surface area (Å²) in [6, 6.07) is 3.82. The van der Waals surface area contributed by atoms with Gasteiger partial charge in [-0.1, -0.05) is 11.6 Å². The topological polar surface area (TPSA) is 111 Å². The highest BCUT2D eigenvalue weighted by Crippen LogP contribution is 2.22. The van der Waals surface area contributed by atoms with Crippen molar-refractivity contribution in [2.75, 3.05) is 20.3 Å². The van der Waals surface area contributed by atoms with Gasteiger partial charge in [-0.25, -0.2) is 17.9 Å². The van der Waals surface area contributed by atoms with Gasteiger partial charge in [0.2, 0.25) is 10.0 Å². The number of nitrogens with one attached hydrogen (secondary N) is 2. The Hall–Kier alpha value is -1.68. The Morgan fingerprint density at radius 2 is 2.04 bits per heavy atom. The summed E-state index contributed by atoms with van der Waals surface area (Å²) in [6.45, 7) is 1.73. The van der Waals surface area contributed by atoms with E-state index in [0.29, 0.717) is 0 Å². The maximum atomic E-state index is 12.3. The number of ether oxygens (including phenoxy) is 2. The first-order chi connectivity index (χ1) is 12.2. The van der Waals surface area contributed by atoms with E-state index >= 15 is 0 Å². The molecule has 0 saturated heterocycles. The molecule has 10 heteroatoms. The molecule has 1 saturated carbocycles. The van der Waals surface area contributed by atoms with E-state index in [1.165, 1.54) is 26.2 Å². The van der Waals surface area contributed by atoms with Crippen LogP contribution in [0.4, 0.5) is 0 Å². The number of methoxy groups -OCH3 is 1. The zero-order chi connectivity index (χ0) is 19.3. The van der Waals surface area contributed by atoms with Crippen LogP contribution in [-0.2, 0) is 24.3 Å². The van der Waals surface area contributed by atoms with Crippen molar-refractivity contribution in [3.63, 3.8) is 0 Å². The summed E-state index contributed by atoms with van der Waals surface area (Å²) in [5.41, 5.74) is -0.132. The van der Waals surface area contributed by atoms with Crippen LogP contribution in [0.5, 0.6) is 0 Å². The van der Waals surface area contributed by atoms with Crippen LogP contribution in [0.3, 0.4) is 0 Å². The molecule has 1 atom stereocenters. The van der Waals surface area contributed by atoms with Crippen LogP contribution < -0.4 is 10.0 Å². The Balaban J connectivity index is 2.10. The number of benzene rings is 1. The fourth-order valence-electron chi connectivity index (χ4n) is 2.01. The number of hydrogen-bond acceptors (Lipinski definition) is 6. The highest BCUT2D eigenvalue weighted by atomic mass is 35.5. The van der Waals surface area contributed by atoms with Crippen molar-refractivity contribution in [3.05, 3.63) is 28.8 Å². The average molecular weight is 405 g/mol. The molecule has 0 unspecified atom stereocenters. The number of rotatable bonds is 9. The van der Waals surface area contributed by atoms with E-state index in [1.807, 2.05) is 0 Å². The zero-order valence-electron chi connectivity index (χ0n) is 14.5. The zero-order valence-corrected chi connectivity index (χ0v) is 16.0. The summed E-state index contributed by atoms with van der Waals surface area (Å²) < 4.78 is 36.7. The van der Waals surface area contributed by atoms with Gasteiger partial charge in [0.05, 0.1) is 22.1 Å². The van der Waals surface area contributed by atoms with E-state index in [1.54, 1.807) is 0 Å². The van der Waals surface area contributed by atoms with Crippen LogP contribution in [0.1, 0.15) is 30.1 Å². The minimum absolute atomic E-state index is 0.0284. The molecular weight excluding hydrogens is 384 g/mol. The second-order valence-electron chi connectivity index (χ2n) is 5.86. The van der Waals surface area contributed by atoms with E-state index < -0.39 is 28.0 Å². The van der Waals surface area contributed by atoms with Gasteiger partial charge in [-0.05, 0) is 38.0 Å². The highest BCUT2D eigenvalue weighted by molar-refractivity contribution is 7.89. The van der Waals surface area contributed by atoms with Crippen LogP contribution in [-0.4, -0.2) is 52.7 Å². The van der Waals surface area contributed by atoms with Crippen molar-refractivity contribution in [2.24, 2.45) is 0 Å². The largest absolute Gasteiger partial charge is 0.449 e. The summed E-state index contributed by atoms with van der Waals surface area (Å²) in [6.07, 6.45) is 0.807. The Kier molecular flexibility index (Phi) is 6.99. The minimum atomic E-state index is -3.83. The molecule has 2 N–H and O–H groups in total. The molecule has 0 aliphatic heterocycles. The van der Waals surface area contributed by atoms with Gasteiger partial charge in [-0.2, -0.15) is 0 Å². The van der Waals surface area contributed by atoms with E-state index in [2.05, 4.69) is 10.0 Å². The summed E-state index contributed by atoms with van der Waals surface area (Å²) in [5.74, 6) is -1.27. The molecular formula is C16H21ClN2O6S. The third kappa shape index (κ3) is 5.66. The molecule has 1 aromatic rings. The number of carbonyl (C=O) groups excluding carboxylic acids is 2. The standard InChI is InChI=1S/C16H21ClN2O6S/c1-10(15(20)19-11-3-4-11)25-16(21)13-9-12(5-6-14(13)17)26(22,23)18-7-8-24-2/h5-6,9-11,18H,3-4,7-8H2,1-2H3,(H,19,20)/t10-/m1/s1. The molecule has 0 radical (unpaired) electrons. The van der Waals surface area contributed by atoms with Crippen LogP contribution in [0.2, 0.25) is 5.02 Å². The van der Waals surface area contributed by atoms with Gasteiger partial charge in [-0.3, -0.25) is 4.79 Å². The SMILES string of the molecule is COCCNS(=O)(=O)c1ccc(Cl)c(C(=O)O[C@H](C)C(=O)NC2CC2)c1.